The minimum absolute atomic E-state index is 0.118. The average molecular weight is 455 g/mol. The van der Waals surface area contributed by atoms with E-state index < -0.39 is 32.8 Å². The fourth-order valence-corrected chi connectivity index (χ4v) is 2.91. The van der Waals surface area contributed by atoms with Gasteiger partial charge in [0.05, 0.1) is 19.5 Å². The van der Waals surface area contributed by atoms with Crippen molar-refractivity contribution in [3.8, 4) is 0 Å². The van der Waals surface area contributed by atoms with Crippen LogP contribution in [-0.4, -0.2) is 62.9 Å². The van der Waals surface area contributed by atoms with Crippen LogP contribution < -0.4 is 5.32 Å². The van der Waals surface area contributed by atoms with E-state index in [-0.39, 0.29) is 31.1 Å². The summed E-state index contributed by atoms with van der Waals surface area (Å²) in [5.74, 6) is 0.140. The zero-order chi connectivity index (χ0) is 22.2. The van der Waals surface area contributed by atoms with E-state index in [2.05, 4.69) is 24.8 Å². The monoisotopic (exact) mass is 455 g/mol. The number of anilines is 1. The van der Waals surface area contributed by atoms with Crippen molar-refractivity contribution < 1.29 is 41.4 Å². The number of fused-ring (bicyclic) bond motifs is 1. The number of nitrogens with zero attached hydrogens (tertiary/aromatic N) is 4. The van der Waals surface area contributed by atoms with E-state index in [1.165, 1.54) is 17.2 Å². The Morgan fingerprint density at radius 1 is 1.30 bits per heavy atom. The highest BCUT2D eigenvalue weighted by atomic mass is 31.2. The van der Waals surface area contributed by atoms with Crippen molar-refractivity contribution in [3.63, 3.8) is 0 Å². The summed E-state index contributed by atoms with van der Waals surface area (Å²) in [6.07, 6.45) is -2.12. The molecule has 0 aliphatic rings. The summed E-state index contributed by atoms with van der Waals surface area (Å²) in [6, 6.07) is 0. The van der Waals surface area contributed by atoms with Crippen molar-refractivity contribution in [2.24, 2.45) is 0 Å². The van der Waals surface area contributed by atoms with Crippen molar-refractivity contribution in [3.05, 3.63) is 12.7 Å². The second-order valence-corrected chi connectivity index (χ2v) is 7.80. The lowest BCUT2D eigenvalue weighted by Gasteiger charge is -2.14. The Kier molecular flexibility index (Phi) is 8.53. The van der Waals surface area contributed by atoms with Crippen LogP contribution in [0, 0.1) is 0 Å². The summed E-state index contributed by atoms with van der Waals surface area (Å²) in [4.78, 5) is 33.2. The Morgan fingerprint density at radius 3 is 2.77 bits per heavy atom. The van der Waals surface area contributed by atoms with Crippen LogP contribution in [0.4, 0.5) is 23.8 Å². The predicted octanol–water partition coefficient (Wildman–Crippen LogP) is 2.91. The molecule has 2 N–H and O–H groups in total. The first kappa shape index (κ1) is 24.0. The van der Waals surface area contributed by atoms with Crippen LogP contribution in [0.3, 0.4) is 0 Å². The highest BCUT2D eigenvalue weighted by Crippen LogP contribution is 2.43. The van der Waals surface area contributed by atoms with Gasteiger partial charge < -0.3 is 18.9 Å². The van der Waals surface area contributed by atoms with E-state index in [0.29, 0.717) is 5.65 Å². The number of alkyl halides is 3. The lowest BCUT2D eigenvalue weighted by molar-refractivity contribution is -0.155. The standard InChI is InChI=1S/C15H21F3N5O6P/c1-2-3-5-28-14(24)22-12-11-13(20-8-19-12)23(9-21-11)4-6-27-10-30(25,26)29-7-15(16,17)18/h8-9H,2-7,10H2,1H3,(H,25,26)(H,19,20,22,24). The molecule has 0 aromatic carbocycles. The molecule has 1 unspecified atom stereocenters. The number of rotatable bonds is 11. The van der Waals surface area contributed by atoms with Gasteiger partial charge in [-0.3, -0.25) is 14.4 Å². The molecule has 1 atom stereocenters. The number of ether oxygens (including phenoxy) is 2. The van der Waals surface area contributed by atoms with Gasteiger partial charge in [-0.2, -0.15) is 13.2 Å². The van der Waals surface area contributed by atoms with Crippen LogP contribution in [0.1, 0.15) is 19.8 Å². The summed E-state index contributed by atoms with van der Waals surface area (Å²) >= 11 is 0. The van der Waals surface area contributed by atoms with Crippen molar-refractivity contribution >= 4 is 30.7 Å². The minimum Gasteiger partial charge on any atom is -0.449 e. The number of aromatic nitrogens is 4. The molecule has 2 aromatic rings. The lowest BCUT2D eigenvalue weighted by Crippen LogP contribution is -2.17. The summed E-state index contributed by atoms with van der Waals surface area (Å²) in [7, 11) is -4.53. The van der Waals surface area contributed by atoms with Gasteiger partial charge in [-0.1, -0.05) is 13.3 Å². The first-order valence-corrected chi connectivity index (χ1v) is 10.6. The molecule has 2 rings (SSSR count). The molecule has 168 valence electrons. The highest BCUT2D eigenvalue weighted by Gasteiger charge is 2.32. The van der Waals surface area contributed by atoms with Crippen molar-refractivity contribution in [2.75, 3.05) is 31.5 Å². The van der Waals surface area contributed by atoms with Gasteiger partial charge in [0.2, 0.25) is 0 Å². The van der Waals surface area contributed by atoms with E-state index in [0.717, 1.165) is 12.8 Å². The molecule has 0 radical (unpaired) electrons. The van der Waals surface area contributed by atoms with Crippen LogP contribution in [0.15, 0.2) is 12.7 Å². The quantitative estimate of drug-likeness (QED) is 0.387. The van der Waals surface area contributed by atoms with E-state index in [1.54, 1.807) is 0 Å². The fraction of sp³-hybridized carbons (Fsp3) is 0.600. The number of hydrogen-bond donors (Lipinski definition) is 2. The maximum Gasteiger partial charge on any atom is 0.412 e. The van der Waals surface area contributed by atoms with Crippen LogP contribution in [0.5, 0.6) is 0 Å². The molecule has 0 bridgehead atoms. The molecule has 30 heavy (non-hydrogen) atoms. The molecule has 0 spiro atoms. The first-order chi connectivity index (χ1) is 14.1. The van der Waals surface area contributed by atoms with Crippen LogP contribution >= 0.6 is 7.60 Å². The van der Waals surface area contributed by atoms with Gasteiger partial charge in [-0.25, -0.2) is 19.7 Å². The molecule has 0 aliphatic carbocycles. The lowest BCUT2D eigenvalue weighted by atomic mass is 10.4. The van der Waals surface area contributed by atoms with Crippen LogP contribution in [-0.2, 0) is 25.1 Å². The highest BCUT2D eigenvalue weighted by molar-refractivity contribution is 7.52. The number of halogens is 3. The molecule has 0 fully saturated rings. The number of carbonyl (C=O) groups is 1. The van der Waals surface area contributed by atoms with Gasteiger partial charge in [0.1, 0.15) is 12.7 Å². The van der Waals surface area contributed by atoms with E-state index in [1.807, 2.05) is 6.92 Å². The Balaban J connectivity index is 1.89. The molecular weight excluding hydrogens is 434 g/mol. The van der Waals surface area contributed by atoms with Gasteiger partial charge in [-0.15, -0.1) is 0 Å². The number of amides is 1. The average Bonchev–Trinajstić information content (AvgIpc) is 3.08. The Bertz CT molecular complexity index is 893. The smallest absolute Gasteiger partial charge is 0.412 e. The molecule has 0 saturated carbocycles. The molecule has 2 heterocycles. The Morgan fingerprint density at radius 2 is 2.07 bits per heavy atom. The summed E-state index contributed by atoms with van der Waals surface area (Å²) in [6.45, 7) is 0.373. The molecule has 15 heteroatoms. The summed E-state index contributed by atoms with van der Waals surface area (Å²) in [5, 5.41) is 2.47. The predicted molar refractivity (Wildman–Crippen MR) is 97.9 cm³/mol. The van der Waals surface area contributed by atoms with E-state index in [4.69, 9.17) is 9.47 Å². The fourth-order valence-electron chi connectivity index (χ4n) is 2.13. The number of carbonyl (C=O) groups excluding carboxylic acids is 1. The molecule has 0 aliphatic heterocycles. The first-order valence-electron chi connectivity index (χ1n) is 8.82. The molecule has 11 nitrogen and oxygen atoms in total. The van der Waals surface area contributed by atoms with Gasteiger partial charge >= 0.3 is 19.9 Å². The van der Waals surface area contributed by atoms with E-state index >= 15 is 0 Å². The molecule has 1 amide bonds. The van der Waals surface area contributed by atoms with Crippen molar-refractivity contribution in [1.29, 1.82) is 0 Å². The van der Waals surface area contributed by atoms with Crippen molar-refractivity contribution in [1.82, 2.24) is 19.5 Å². The summed E-state index contributed by atoms with van der Waals surface area (Å²) < 4.78 is 63.0. The zero-order valence-electron chi connectivity index (χ0n) is 16.0. The minimum atomic E-state index is -4.72. The Labute approximate surface area is 169 Å². The van der Waals surface area contributed by atoms with Gasteiger partial charge in [0.15, 0.2) is 23.6 Å². The number of imidazole rings is 1. The third-order valence-electron chi connectivity index (χ3n) is 3.51. The zero-order valence-corrected chi connectivity index (χ0v) is 16.9. The second-order valence-electron chi connectivity index (χ2n) is 6.01. The molecular formula is C15H21F3N5O6P. The molecule has 2 aromatic heterocycles. The molecule has 0 saturated heterocycles. The normalized spacial score (nSPS) is 13.9. The van der Waals surface area contributed by atoms with Gasteiger partial charge in [0.25, 0.3) is 0 Å². The van der Waals surface area contributed by atoms with Gasteiger partial charge in [0, 0.05) is 6.54 Å². The number of unbranched alkanes of at least 4 members (excludes halogenated alkanes) is 1. The largest absolute Gasteiger partial charge is 0.449 e. The maximum absolute atomic E-state index is 12.0. The van der Waals surface area contributed by atoms with Crippen LogP contribution in [0.25, 0.3) is 11.2 Å². The number of hydrogen-bond acceptors (Lipinski definition) is 8. The van der Waals surface area contributed by atoms with Crippen molar-refractivity contribution in [2.45, 2.75) is 32.5 Å². The van der Waals surface area contributed by atoms with E-state index in [9.17, 15) is 27.4 Å². The third kappa shape index (κ3) is 7.86. The topological polar surface area (TPSA) is 138 Å². The summed E-state index contributed by atoms with van der Waals surface area (Å²) in [5.41, 5.74) is 0.629. The SMILES string of the molecule is CCCCOC(=O)Nc1ncnc2c1ncn2CCOCP(=O)(O)OCC(F)(F)F. The van der Waals surface area contributed by atoms with Crippen LogP contribution in [0.2, 0.25) is 0 Å². The maximum atomic E-state index is 12.0. The second kappa shape index (κ2) is 10.7. The third-order valence-corrected chi connectivity index (χ3v) is 4.56. The van der Waals surface area contributed by atoms with Gasteiger partial charge in [-0.05, 0) is 6.42 Å². The Hall–Kier alpha value is -2.28. The number of nitrogens with one attached hydrogen (secondary N) is 1.